The van der Waals surface area contributed by atoms with Crippen LogP contribution in [0, 0.1) is 29.1 Å². The Morgan fingerprint density at radius 3 is 1.83 bits per heavy atom. The zero-order chi connectivity index (χ0) is 26.2. The standard InChI is InChI=1S/C29H29F5O2/c1-2-3-4-5-6-7-8-18-9-11-19(12-10-18)13-14-20-15-22(30)26(29(35)36)28(34)25(20)21-16-23(31)27(33)24(32)17-21/h9-12,15-17H,2-8,13-14H2,1H3,(H,35,36). The number of unbranched alkanes of at least 4 members (excludes halogenated alkanes) is 5. The van der Waals surface area contributed by atoms with Crippen molar-refractivity contribution in [2.75, 3.05) is 0 Å². The molecule has 0 aliphatic rings. The van der Waals surface area contributed by atoms with Gasteiger partial charge >= 0.3 is 5.97 Å². The lowest BCUT2D eigenvalue weighted by Gasteiger charge is -2.15. The van der Waals surface area contributed by atoms with E-state index in [0.717, 1.165) is 24.5 Å². The molecule has 0 saturated heterocycles. The van der Waals surface area contributed by atoms with Crippen molar-refractivity contribution >= 4 is 5.97 Å². The fourth-order valence-electron chi connectivity index (χ4n) is 4.33. The molecule has 36 heavy (non-hydrogen) atoms. The van der Waals surface area contributed by atoms with E-state index in [1.54, 1.807) is 0 Å². The molecule has 0 saturated carbocycles. The average Bonchev–Trinajstić information content (AvgIpc) is 2.83. The van der Waals surface area contributed by atoms with Gasteiger partial charge in [-0.25, -0.2) is 26.7 Å². The van der Waals surface area contributed by atoms with Crippen molar-refractivity contribution in [2.45, 2.75) is 64.7 Å². The van der Waals surface area contributed by atoms with Crippen LogP contribution in [0.25, 0.3) is 11.1 Å². The third kappa shape index (κ3) is 6.71. The zero-order valence-corrected chi connectivity index (χ0v) is 20.2. The van der Waals surface area contributed by atoms with Gasteiger partial charge in [0.1, 0.15) is 17.2 Å². The number of carbonyl (C=O) groups is 1. The molecule has 0 bridgehead atoms. The summed E-state index contributed by atoms with van der Waals surface area (Å²) in [6.07, 6.45) is 8.61. The molecule has 0 atom stereocenters. The second-order valence-electron chi connectivity index (χ2n) is 8.97. The highest BCUT2D eigenvalue weighted by Gasteiger charge is 2.25. The largest absolute Gasteiger partial charge is 0.477 e. The van der Waals surface area contributed by atoms with Crippen LogP contribution in [0.4, 0.5) is 22.0 Å². The van der Waals surface area contributed by atoms with E-state index in [0.29, 0.717) is 18.6 Å². The summed E-state index contributed by atoms with van der Waals surface area (Å²) in [5, 5.41) is 9.22. The maximum absolute atomic E-state index is 15.1. The SMILES string of the molecule is CCCCCCCCc1ccc(CCc2cc(F)c(C(=O)O)c(F)c2-c2cc(F)c(F)c(F)c2)cc1. The first-order chi connectivity index (χ1) is 17.2. The van der Waals surface area contributed by atoms with E-state index in [1.807, 2.05) is 24.3 Å². The van der Waals surface area contributed by atoms with Crippen LogP contribution in [-0.4, -0.2) is 11.1 Å². The first-order valence-corrected chi connectivity index (χ1v) is 12.2. The predicted octanol–water partition coefficient (Wildman–Crippen LogP) is 8.44. The van der Waals surface area contributed by atoms with E-state index in [9.17, 15) is 27.5 Å². The Morgan fingerprint density at radius 1 is 0.694 bits per heavy atom. The molecule has 0 unspecified atom stereocenters. The number of aromatic carboxylic acids is 1. The lowest BCUT2D eigenvalue weighted by Crippen LogP contribution is -2.10. The van der Waals surface area contributed by atoms with E-state index in [1.165, 1.54) is 37.7 Å². The highest BCUT2D eigenvalue weighted by molar-refractivity contribution is 5.91. The van der Waals surface area contributed by atoms with Crippen LogP contribution in [0.1, 0.15) is 72.5 Å². The van der Waals surface area contributed by atoms with Crippen LogP contribution < -0.4 is 0 Å². The van der Waals surface area contributed by atoms with E-state index >= 15 is 4.39 Å². The monoisotopic (exact) mass is 504 g/mol. The average molecular weight is 505 g/mol. The fraction of sp³-hybridized carbons (Fsp3) is 0.345. The van der Waals surface area contributed by atoms with Gasteiger partial charge in [0.25, 0.3) is 0 Å². The van der Waals surface area contributed by atoms with Gasteiger partial charge in [0, 0.05) is 5.56 Å². The summed E-state index contributed by atoms with van der Waals surface area (Å²) < 4.78 is 70.7. The minimum Gasteiger partial charge on any atom is -0.477 e. The second-order valence-corrected chi connectivity index (χ2v) is 8.97. The lowest BCUT2D eigenvalue weighted by molar-refractivity contribution is 0.0686. The Hall–Kier alpha value is -3.22. The van der Waals surface area contributed by atoms with Crippen molar-refractivity contribution in [3.8, 4) is 11.1 Å². The minimum absolute atomic E-state index is 0.0246. The molecule has 3 aromatic carbocycles. The summed E-state index contributed by atoms with van der Waals surface area (Å²) >= 11 is 0. The van der Waals surface area contributed by atoms with Gasteiger partial charge in [0.2, 0.25) is 0 Å². The molecule has 0 aliphatic heterocycles. The van der Waals surface area contributed by atoms with Crippen molar-refractivity contribution in [3.63, 3.8) is 0 Å². The maximum Gasteiger partial charge on any atom is 0.341 e. The third-order valence-corrected chi connectivity index (χ3v) is 6.31. The zero-order valence-electron chi connectivity index (χ0n) is 20.2. The smallest absolute Gasteiger partial charge is 0.341 e. The number of aryl methyl sites for hydroxylation is 3. The number of halogens is 5. The van der Waals surface area contributed by atoms with Gasteiger partial charge in [-0.15, -0.1) is 0 Å². The van der Waals surface area contributed by atoms with Crippen LogP contribution in [0.5, 0.6) is 0 Å². The Kier molecular flexibility index (Phi) is 9.62. The number of carboxylic acid groups (broad SMARTS) is 1. The van der Waals surface area contributed by atoms with E-state index in [-0.39, 0.29) is 12.0 Å². The first-order valence-electron chi connectivity index (χ1n) is 12.2. The lowest BCUT2D eigenvalue weighted by atomic mass is 9.91. The van der Waals surface area contributed by atoms with Crippen molar-refractivity contribution in [2.24, 2.45) is 0 Å². The number of carboxylic acids is 1. The summed E-state index contributed by atoms with van der Waals surface area (Å²) in [5.41, 5.74) is -0.0150. The first kappa shape index (κ1) is 27.4. The topological polar surface area (TPSA) is 37.3 Å². The highest BCUT2D eigenvalue weighted by atomic mass is 19.2. The van der Waals surface area contributed by atoms with Gasteiger partial charge in [-0.1, -0.05) is 63.3 Å². The van der Waals surface area contributed by atoms with Crippen LogP contribution in [0.15, 0.2) is 42.5 Å². The van der Waals surface area contributed by atoms with Gasteiger partial charge in [0.15, 0.2) is 17.5 Å². The van der Waals surface area contributed by atoms with Crippen LogP contribution in [0.2, 0.25) is 0 Å². The molecular formula is C29H29F5O2. The molecule has 0 aromatic heterocycles. The molecule has 3 aromatic rings. The van der Waals surface area contributed by atoms with Gasteiger partial charge in [-0.05, 0) is 66.1 Å². The van der Waals surface area contributed by atoms with Crippen LogP contribution >= 0.6 is 0 Å². The number of hydrogen-bond acceptors (Lipinski definition) is 1. The quantitative estimate of drug-likeness (QED) is 0.153. The van der Waals surface area contributed by atoms with Crippen molar-refractivity contribution in [3.05, 3.63) is 93.8 Å². The van der Waals surface area contributed by atoms with E-state index in [4.69, 9.17) is 0 Å². The van der Waals surface area contributed by atoms with Crippen LogP contribution in [0.3, 0.4) is 0 Å². The summed E-state index contributed by atoms with van der Waals surface area (Å²) in [7, 11) is 0. The Labute approximate surface area is 207 Å². The summed E-state index contributed by atoms with van der Waals surface area (Å²) in [5.74, 6) is -9.47. The number of benzene rings is 3. The molecule has 0 fully saturated rings. The molecule has 3 rings (SSSR count). The Balaban J connectivity index is 1.80. The molecular weight excluding hydrogens is 475 g/mol. The maximum atomic E-state index is 15.1. The molecule has 0 spiro atoms. The van der Waals surface area contributed by atoms with E-state index < -0.39 is 51.7 Å². The molecule has 7 heteroatoms. The number of rotatable bonds is 12. The molecule has 1 N–H and O–H groups in total. The minimum atomic E-state index is -1.86. The third-order valence-electron chi connectivity index (χ3n) is 6.31. The summed E-state index contributed by atoms with van der Waals surface area (Å²) in [6, 6.07) is 9.84. The van der Waals surface area contributed by atoms with Gasteiger partial charge in [-0.3, -0.25) is 0 Å². The second kappa shape index (κ2) is 12.7. The van der Waals surface area contributed by atoms with Gasteiger partial charge in [-0.2, -0.15) is 0 Å². The van der Waals surface area contributed by atoms with Gasteiger partial charge in [0.05, 0.1) is 0 Å². The summed E-state index contributed by atoms with van der Waals surface area (Å²) in [4.78, 5) is 11.4. The normalized spacial score (nSPS) is 11.2. The van der Waals surface area contributed by atoms with Crippen molar-refractivity contribution < 1.29 is 31.9 Å². The van der Waals surface area contributed by atoms with Gasteiger partial charge < -0.3 is 5.11 Å². The molecule has 192 valence electrons. The van der Waals surface area contributed by atoms with Crippen molar-refractivity contribution in [1.82, 2.24) is 0 Å². The summed E-state index contributed by atoms with van der Waals surface area (Å²) in [6.45, 7) is 2.18. The highest BCUT2D eigenvalue weighted by Crippen LogP contribution is 2.33. The van der Waals surface area contributed by atoms with E-state index in [2.05, 4.69) is 6.92 Å². The fourth-order valence-corrected chi connectivity index (χ4v) is 4.33. The van der Waals surface area contributed by atoms with Crippen molar-refractivity contribution in [1.29, 1.82) is 0 Å². The molecule has 0 amide bonds. The molecule has 2 nitrogen and oxygen atoms in total. The molecule has 0 heterocycles. The van der Waals surface area contributed by atoms with Crippen LogP contribution in [-0.2, 0) is 19.3 Å². The predicted molar refractivity (Wildman–Crippen MR) is 130 cm³/mol. The molecule has 0 aliphatic carbocycles. The Bertz CT molecular complexity index is 1180. The Morgan fingerprint density at radius 2 is 1.25 bits per heavy atom. The number of hydrogen-bond donors (Lipinski definition) is 1. The molecule has 0 radical (unpaired) electrons.